The molecule has 3 nitrogen and oxygen atoms in total. The van der Waals surface area contributed by atoms with Crippen LogP contribution in [0.2, 0.25) is 5.02 Å². The fourth-order valence-electron chi connectivity index (χ4n) is 2.12. The van der Waals surface area contributed by atoms with Crippen LogP contribution < -0.4 is 5.73 Å². The Hall–Kier alpha value is -1.97. The van der Waals surface area contributed by atoms with Gasteiger partial charge in [0, 0.05) is 10.6 Å². The van der Waals surface area contributed by atoms with Crippen LogP contribution in [0.15, 0.2) is 61.1 Å². The zero-order valence-electron chi connectivity index (χ0n) is 10.7. The summed E-state index contributed by atoms with van der Waals surface area (Å²) in [6, 6.07) is 15.3. The average molecular weight is 288 g/mol. The topological polar surface area (TPSA) is 44.5 Å². The molecular formula is C16H14ClNO2. The number of benzene rings is 2. The van der Waals surface area contributed by atoms with Crippen LogP contribution in [-0.2, 0) is 9.47 Å². The van der Waals surface area contributed by atoms with E-state index in [2.05, 4.69) is 0 Å². The number of nitrogens with two attached hydrogens (primary N) is 1. The van der Waals surface area contributed by atoms with Crippen molar-refractivity contribution in [2.24, 2.45) is 5.73 Å². The summed E-state index contributed by atoms with van der Waals surface area (Å²) >= 11 is 5.88. The molecule has 1 heterocycles. The molecule has 2 aromatic rings. The van der Waals surface area contributed by atoms with E-state index in [-0.39, 0.29) is 12.3 Å². The Bertz CT molecular complexity index is 599. The van der Waals surface area contributed by atoms with Gasteiger partial charge >= 0.3 is 0 Å². The van der Waals surface area contributed by atoms with Crippen molar-refractivity contribution in [1.82, 2.24) is 0 Å². The van der Waals surface area contributed by atoms with Gasteiger partial charge in [0.2, 0.25) is 0 Å². The Kier molecular flexibility index (Phi) is 3.63. The van der Waals surface area contributed by atoms with E-state index in [9.17, 15) is 0 Å². The van der Waals surface area contributed by atoms with Gasteiger partial charge in [0.25, 0.3) is 6.29 Å². The van der Waals surface area contributed by atoms with Crippen molar-refractivity contribution < 1.29 is 9.47 Å². The minimum absolute atomic E-state index is 0.176. The van der Waals surface area contributed by atoms with Gasteiger partial charge in [-0.05, 0) is 23.3 Å². The molecule has 0 fully saturated rings. The van der Waals surface area contributed by atoms with Gasteiger partial charge in [-0.2, -0.15) is 0 Å². The summed E-state index contributed by atoms with van der Waals surface area (Å²) in [5, 5.41) is 0.708. The second-order valence-corrected chi connectivity index (χ2v) is 5.01. The molecule has 1 unspecified atom stereocenters. The predicted octanol–water partition coefficient (Wildman–Crippen LogP) is 3.90. The number of ether oxygens (including phenoxy) is 2. The van der Waals surface area contributed by atoms with Crippen molar-refractivity contribution in [3.63, 3.8) is 0 Å². The normalized spacial score (nSPS) is 15.7. The minimum Gasteiger partial charge on any atom is -0.455 e. The first-order valence-electron chi connectivity index (χ1n) is 6.31. The number of rotatable bonds is 3. The maximum Gasteiger partial charge on any atom is 0.266 e. The standard InChI is InChI=1S/C16H14ClNO2/c17-14-7-5-12(6-8-14)15(18)11-1-3-13(4-2-11)16-19-9-10-20-16/h1-10,15-16H,18H2. The molecule has 0 aliphatic carbocycles. The van der Waals surface area contributed by atoms with Gasteiger partial charge in [0.1, 0.15) is 12.5 Å². The molecule has 0 spiro atoms. The largest absolute Gasteiger partial charge is 0.455 e. The highest BCUT2D eigenvalue weighted by molar-refractivity contribution is 6.30. The van der Waals surface area contributed by atoms with E-state index in [1.807, 2.05) is 48.5 Å². The highest BCUT2D eigenvalue weighted by atomic mass is 35.5. The molecule has 0 radical (unpaired) electrons. The van der Waals surface area contributed by atoms with Crippen LogP contribution in [-0.4, -0.2) is 0 Å². The Morgan fingerprint density at radius 3 is 1.90 bits per heavy atom. The molecule has 2 aromatic carbocycles. The second-order valence-electron chi connectivity index (χ2n) is 4.57. The molecular weight excluding hydrogens is 274 g/mol. The minimum atomic E-state index is -0.351. The molecule has 0 saturated carbocycles. The monoisotopic (exact) mass is 287 g/mol. The lowest BCUT2D eigenvalue weighted by atomic mass is 9.98. The van der Waals surface area contributed by atoms with Crippen molar-refractivity contribution in [3.8, 4) is 0 Å². The summed E-state index contributed by atoms with van der Waals surface area (Å²) in [5.41, 5.74) is 9.27. The molecule has 2 N–H and O–H groups in total. The van der Waals surface area contributed by atoms with E-state index in [1.54, 1.807) is 0 Å². The molecule has 20 heavy (non-hydrogen) atoms. The second kappa shape index (κ2) is 5.57. The number of halogens is 1. The first kappa shape index (κ1) is 13.0. The molecule has 1 aliphatic rings. The zero-order valence-corrected chi connectivity index (χ0v) is 11.5. The molecule has 0 bridgehead atoms. The fourth-order valence-corrected chi connectivity index (χ4v) is 2.25. The van der Waals surface area contributed by atoms with Crippen molar-refractivity contribution in [1.29, 1.82) is 0 Å². The lowest BCUT2D eigenvalue weighted by molar-refractivity contribution is -0.0246. The number of hydrogen-bond donors (Lipinski definition) is 1. The highest BCUT2D eigenvalue weighted by Gasteiger charge is 2.16. The van der Waals surface area contributed by atoms with Crippen LogP contribution in [0.25, 0.3) is 0 Å². The van der Waals surface area contributed by atoms with Crippen LogP contribution in [0.1, 0.15) is 29.0 Å². The van der Waals surface area contributed by atoms with Gasteiger partial charge in [-0.1, -0.05) is 48.0 Å². The lowest BCUT2D eigenvalue weighted by Crippen LogP contribution is -2.11. The lowest BCUT2D eigenvalue weighted by Gasteiger charge is -2.15. The van der Waals surface area contributed by atoms with E-state index >= 15 is 0 Å². The Labute approximate surface area is 122 Å². The third kappa shape index (κ3) is 2.64. The van der Waals surface area contributed by atoms with Gasteiger partial charge < -0.3 is 15.2 Å². The zero-order chi connectivity index (χ0) is 13.9. The van der Waals surface area contributed by atoms with Crippen LogP contribution in [0, 0.1) is 0 Å². The van der Waals surface area contributed by atoms with Crippen LogP contribution in [0.4, 0.5) is 0 Å². The van der Waals surface area contributed by atoms with Crippen LogP contribution >= 0.6 is 11.6 Å². The van der Waals surface area contributed by atoms with E-state index in [0.29, 0.717) is 5.02 Å². The summed E-state index contributed by atoms with van der Waals surface area (Å²) in [5.74, 6) is 0. The first-order valence-corrected chi connectivity index (χ1v) is 6.69. The highest BCUT2D eigenvalue weighted by Crippen LogP contribution is 2.26. The molecule has 3 rings (SSSR count). The van der Waals surface area contributed by atoms with Gasteiger partial charge in [-0.15, -0.1) is 0 Å². The molecule has 0 aromatic heterocycles. The maximum atomic E-state index is 6.25. The third-order valence-electron chi connectivity index (χ3n) is 3.26. The first-order chi connectivity index (χ1) is 9.74. The molecule has 1 atom stereocenters. The van der Waals surface area contributed by atoms with Gasteiger partial charge in [-0.3, -0.25) is 0 Å². The summed E-state index contributed by atoms with van der Waals surface area (Å²) in [6.07, 6.45) is 2.73. The van der Waals surface area contributed by atoms with Gasteiger partial charge in [0.05, 0.1) is 6.04 Å². The summed E-state index contributed by atoms with van der Waals surface area (Å²) in [7, 11) is 0. The van der Waals surface area contributed by atoms with Crippen molar-refractivity contribution in [2.45, 2.75) is 12.3 Å². The van der Waals surface area contributed by atoms with Crippen LogP contribution in [0.5, 0.6) is 0 Å². The van der Waals surface area contributed by atoms with E-state index < -0.39 is 0 Å². The van der Waals surface area contributed by atoms with Gasteiger partial charge in [0.15, 0.2) is 0 Å². The maximum absolute atomic E-state index is 6.25. The molecule has 4 heteroatoms. The molecule has 102 valence electrons. The SMILES string of the molecule is NC(c1ccc(Cl)cc1)c1ccc(C2OC=CO2)cc1. The summed E-state index contributed by atoms with van der Waals surface area (Å²) in [4.78, 5) is 0. The van der Waals surface area contributed by atoms with Gasteiger partial charge in [-0.25, -0.2) is 0 Å². The Morgan fingerprint density at radius 1 is 0.850 bits per heavy atom. The van der Waals surface area contributed by atoms with Crippen molar-refractivity contribution >= 4 is 11.6 Å². The molecule has 0 saturated heterocycles. The van der Waals surface area contributed by atoms with E-state index in [1.165, 1.54) is 12.5 Å². The number of hydrogen-bond acceptors (Lipinski definition) is 3. The predicted molar refractivity (Wildman–Crippen MR) is 78.0 cm³/mol. The average Bonchev–Trinajstić information content (AvgIpc) is 3.02. The Balaban J connectivity index is 1.78. The van der Waals surface area contributed by atoms with Crippen molar-refractivity contribution in [3.05, 3.63) is 82.8 Å². The smallest absolute Gasteiger partial charge is 0.266 e. The molecule has 1 aliphatic heterocycles. The fraction of sp³-hybridized carbons (Fsp3) is 0.125. The third-order valence-corrected chi connectivity index (χ3v) is 3.51. The Morgan fingerprint density at radius 2 is 1.35 bits per heavy atom. The molecule has 0 amide bonds. The summed E-state index contributed by atoms with van der Waals surface area (Å²) < 4.78 is 10.6. The van der Waals surface area contributed by atoms with Crippen LogP contribution in [0.3, 0.4) is 0 Å². The van der Waals surface area contributed by atoms with Crippen molar-refractivity contribution in [2.75, 3.05) is 0 Å². The summed E-state index contributed by atoms with van der Waals surface area (Å²) in [6.45, 7) is 0. The quantitative estimate of drug-likeness (QED) is 0.931. The van der Waals surface area contributed by atoms with E-state index in [0.717, 1.165) is 16.7 Å². The van der Waals surface area contributed by atoms with E-state index in [4.69, 9.17) is 26.8 Å².